The van der Waals surface area contributed by atoms with Crippen LogP contribution >= 0.6 is 0 Å². The molecule has 1 nitrogen and oxygen atoms in total. The zero-order chi connectivity index (χ0) is 7.12. The van der Waals surface area contributed by atoms with Crippen LogP contribution in [0, 0.1) is 0 Å². The van der Waals surface area contributed by atoms with Crippen LogP contribution in [0.3, 0.4) is 0 Å². The van der Waals surface area contributed by atoms with Gasteiger partial charge < -0.3 is 0 Å². The van der Waals surface area contributed by atoms with Gasteiger partial charge in [-0.25, -0.2) is 0 Å². The van der Waals surface area contributed by atoms with E-state index in [0.717, 1.165) is 0 Å². The van der Waals surface area contributed by atoms with Gasteiger partial charge in [-0.2, -0.15) is 0 Å². The molecule has 0 aliphatic carbocycles. The van der Waals surface area contributed by atoms with Gasteiger partial charge >= 0.3 is 39.6 Å². The van der Waals surface area contributed by atoms with Crippen molar-refractivity contribution in [3.05, 3.63) is 0 Å². The summed E-state index contributed by atoms with van der Waals surface area (Å²) in [6, 6.07) is 0. The van der Waals surface area contributed by atoms with Crippen molar-refractivity contribution in [1.82, 2.24) is 0 Å². The van der Waals surface area contributed by atoms with Gasteiger partial charge in [0.15, 0.2) is 0 Å². The van der Waals surface area contributed by atoms with Gasteiger partial charge in [-0.1, -0.05) is 0 Å². The third-order valence-corrected chi connectivity index (χ3v) is 0.619. The minimum absolute atomic E-state index is 0.646. The van der Waals surface area contributed by atoms with Crippen LogP contribution in [0.5, 0.6) is 0 Å². The van der Waals surface area contributed by atoms with Crippen LogP contribution in [-0.2, 0) is 4.02 Å². The molecule has 0 aromatic carbocycles. The van der Waals surface area contributed by atoms with Gasteiger partial charge in [-0.15, -0.1) is 0 Å². The second-order valence-corrected chi connectivity index (χ2v) is 4.99. The van der Waals surface area contributed by atoms with E-state index in [0.29, 0.717) is 4.02 Å². The molecular weight excluding hydrogens is 209 g/mol. The molecule has 0 amide bonds. The summed E-state index contributed by atoms with van der Waals surface area (Å²) in [6.45, 7) is 0. The molecule has 0 aliphatic rings. The second-order valence-electron chi connectivity index (χ2n) is 0.961. The van der Waals surface area contributed by atoms with E-state index >= 15 is 0 Å². The topological polar surface area (TPSA) is 9.23 Å². The first-order valence-electron chi connectivity index (χ1n) is 1.09. The zero-order valence-corrected chi connectivity index (χ0v) is 4.80. The molecule has 0 atom stereocenters. The van der Waals surface area contributed by atoms with Crippen molar-refractivity contribution >= 4 is 13.3 Å². The summed E-state index contributed by atoms with van der Waals surface area (Å²) in [4.78, 5) is 0. The summed E-state index contributed by atoms with van der Waals surface area (Å²) in [6.07, 6.45) is 0. The van der Waals surface area contributed by atoms with E-state index in [9.17, 15) is 22.3 Å². The van der Waals surface area contributed by atoms with Gasteiger partial charge in [0.2, 0.25) is 0 Å². The molecule has 0 radical (unpaired) electrons. The van der Waals surface area contributed by atoms with Crippen LogP contribution in [0.2, 0.25) is 0 Å². The van der Waals surface area contributed by atoms with E-state index in [1.165, 1.54) is 0 Å². The molecule has 0 aromatic rings. The molecule has 0 fully saturated rings. The van der Waals surface area contributed by atoms with Crippen LogP contribution in [0.25, 0.3) is 0 Å². The fourth-order valence-electron chi connectivity index (χ4n) is 0. The van der Waals surface area contributed by atoms with Crippen molar-refractivity contribution < 1.29 is 26.3 Å². The molecule has 0 bridgehead atoms. The van der Waals surface area contributed by atoms with E-state index < -0.39 is 13.3 Å². The Morgan fingerprint density at radius 1 is 0.875 bits per heavy atom. The number of hydrogen-bond acceptors (Lipinski definition) is 1. The average Bonchev–Trinajstić information content (AvgIpc) is 1.30. The molecule has 8 heavy (non-hydrogen) atoms. The van der Waals surface area contributed by atoms with Crippen molar-refractivity contribution in [2.24, 2.45) is 0 Å². The molecule has 54 valence electrons. The van der Waals surface area contributed by atoms with Gasteiger partial charge in [0.25, 0.3) is 0 Å². The van der Waals surface area contributed by atoms with Crippen LogP contribution in [-0.4, -0.2) is 13.3 Å². The van der Waals surface area contributed by atoms with E-state index in [-0.39, 0.29) is 0 Å². The van der Waals surface area contributed by atoms with E-state index in [4.69, 9.17) is 0 Å². The number of hydrogen-bond donors (Lipinski definition) is 0. The summed E-state index contributed by atoms with van der Waals surface area (Å²) in [7, 11) is 0. The normalized spacial score (nSPS) is 21.8. The standard InChI is InChI=1S/F6OSe/c1-7-8(2,3,4,5)6. The molecule has 0 heterocycles. The van der Waals surface area contributed by atoms with E-state index in [1.807, 2.05) is 0 Å². The Kier molecular flexibility index (Phi) is 1.01. The summed E-state index contributed by atoms with van der Waals surface area (Å²) < 4.78 is 62.6. The molecule has 0 aliphatic heterocycles. The van der Waals surface area contributed by atoms with Crippen molar-refractivity contribution in [2.75, 3.05) is 0 Å². The summed E-state index contributed by atoms with van der Waals surface area (Å²) in [5, 5.41) is 0. The first-order chi connectivity index (χ1) is 3.04. The molecule has 0 unspecified atom stereocenters. The minimum atomic E-state index is -10.7. The Hall–Kier alpha value is 0.0595. The average molecular weight is 209 g/mol. The SMILES string of the molecule is FO[Se](F)(F)(F)(F)F. The van der Waals surface area contributed by atoms with Gasteiger partial charge in [0.05, 0.1) is 0 Å². The van der Waals surface area contributed by atoms with Crippen LogP contribution < -0.4 is 0 Å². The second kappa shape index (κ2) is 1.01. The third kappa shape index (κ3) is 6.06. The molecule has 0 N–H and O–H groups in total. The Balaban J connectivity index is 4.50. The summed E-state index contributed by atoms with van der Waals surface area (Å²) in [5.74, 6) is 0. The Morgan fingerprint density at radius 2 is 1.00 bits per heavy atom. The maximum atomic E-state index is 10.4. The van der Waals surface area contributed by atoms with Gasteiger partial charge in [0, 0.05) is 0 Å². The zero-order valence-electron chi connectivity index (χ0n) is 3.08. The van der Waals surface area contributed by atoms with Crippen molar-refractivity contribution in [3.8, 4) is 0 Å². The summed E-state index contributed by atoms with van der Waals surface area (Å²) in [5.41, 5.74) is 0. The molecule has 0 aromatic heterocycles. The van der Waals surface area contributed by atoms with Crippen LogP contribution in [0.1, 0.15) is 0 Å². The Labute approximate surface area is 40.7 Å². The van der Waals surface area contributed by atoms with Gasteiger partial charge in [-0.05, 0) is 0 Å². The van der Waals surface area contributed by atoms with Crippen molar-refractivity contribution in [3.63, 3.8) is 0 Å². The molecule has 0 spiro atoms. The van der Waals surface area contributed by atoms with E-state index in [2.05, 4.69) is 0 Å². The quantitative estimate of drug-likeness (QED) is 0.474. The fraction of sp³-hybridized carbons (Fsp3) is 0. The maximum absolute atomic E-state index is 10.7. The molecule has 8 heteroatoms. The van der Waals surface area contributed by atoms with E-state index in [1.54, 1.807) is 0 Å². The van der Waals surface area contributed by atoms with Gasteiger partial charge in [0.1, 0.15) is 0 Å². The molecule has 0 rings (SSSR count). The van der Waals surface area contributed by atoms with Crippen LogP contribution in [0.4, 0.5) is 22.3 Å². The molecular formula is F6OSe. The first-order valence-corrected chi connectivity index (χ1v) is 5.03. The predicted molar refractivity (Wildman–Crippen MR) is 13.5 cm³/mol. The fourth-order valence-corrected chi connectivity index (χ4v) is 0. The summed E-state index contributed by atoms with van der Waals surface area (Å²) >= 11 is -10.7. The first kappa shape index (κ1) is 8.06. The van der Waals surface area contributed by atoms with Crippen molar-refractivity contribution in [2.45, 2.75) is 0 Å². The molecule has 0 saturated heterocycles. The predicted octanol–water partition coefficient (Wildman–Crippen LogP) is 2.07. The number of rotatable bonds is 1. The van der Waals surface area contributed by atoms with Crippen molar-refractivity contribution in [1.29, 1.82) is 0 Å². The van der Waals surface area contributed by atoms with Crippen LogP contribution in [0.15, 0.2) is 0 Å². The Morgan fingerprint density at radius 3 is 1.00 bits per heavy atom. The van der Waals surface area contributed by atoms with Gasteiger partial charge in [-0.3, -0.25) is 0 Å². The Bertz CT molecular complexity index is 91.7. The number of halogens is 6. The molecule has 0 saturated carbocycles. The monoisotopic (exact) mass is 210 g/mol. The third-order valence-electron chi connectivity index (χ3n) is 0.119.